The largest absolute Gasteiger partial charge is 0.477 e. The molecule has 0 aliphatic heterocycles. The van der Waals surface area contributed by atoms with Gasteiger partial charge in [0.15, 0.2) is 0 Å². The van der Waals surface area contributed by atoms with Gasteiger partial charge in [-0.3, -0.25) is 4.79 Å². The fraction of sp³-hybridized carbons (Fsp3) is 0.278. The molecule has 1 amide bonds. The van der Waals surface area contributed by atoms with Crippen molar-refractivity contribution in [3.63, 3.8) is 0 Å². The van der Waals surface area contributed by atoms with Crippen LogP contribution in [0.15, 0.2) is 30.3 Å². The molecule has 132 valence electrons. The second kappa shape index (κ2) is 7.06. The highest BCUT2D eigenvalue weighted by molar-refractivity contribution is 7.18. The maximum absolute atomic E-state index is 12.5. The molecule has 0 saturated heterocycles. The van der Waals surface area contributed by atoms with Crippen molar-refractivity contribution in [3.05, 3.63) is 51.9 Å². The van der Waals surface area contributed by atoms with Crippen molar-refractivity contribution < 1.29 is 24.2 Å². The summed E-state index contributed by atoms with van der Waals surface area (Å²) in [6.07, 6.45) is 0. The highest BCUT2D eigenvalue weighted by Crippen LogP contribution is 2.34. The molecule has 25 heavy (non-hydrogen) atoms. The Labute approximate surface area is 149 Å². The first-order valence-electron chi connectivity index (χ1n) is 7.56. The van der Waals surface area contributed by atoms with E-state index in [4.69, 9.17) is 4.74 Å². The van der Waals surface area contributed by atoms with Gasteiger partial charge < -0.3 is 15.2 Å². The number of anilines is 1. The summed E-state index contributed by atoms with van der Waals surface area (Å²) in [7, 11) is 0. The monoisotopic (exact) mass is 361 g/mol. The molecule has 0 bridgehead atoms. The number of benzene rings is 1. The Bertz CT molecular complexity index is 818. The van der Waals surface area contributed by atoms with Crippen LogP contribution in [0.4, 0.5) is 5.00 Å². The summed E-state index contributed by atoms with van der Waals surface area (Å²) in [5.74, 6) is -2.26. The topological polar surface area (TPSA) is 92.7 Å². The molecule has 0 aliphatic rings. The maximum atomic E-state index is 12.5. The molecule has 0 atom stereocenters. The fourth-order valence-corrected chi connectivity index (χ4v) is 3.17. The van der Waals surface area contributed by atoms with E-state index in [-0.39, 0.29) is 21.0 Å². The molecule has 0 saturated carbocycles. The summed E-state index contributed by atoms with van der Waals surface area (Å²) in [6, 6.07) is 8.46. The molecule has 0 fully saturated rings. The summed E-state index contributed by atoms with van der Waals surface area (Å²) < 4.78 is 5.35. The second-order valence-corrected chi connectivity index (χ2v) is 7.41. The molecule has 2 N–H and O–H groups in total. The third-order valence-electron chi connectivity index (χ3n) is 3.21. The van der Waals surface area contributed by atoms with Crippen LogP contribution in [0.3, 0.4) is 0 Å². The van der Waals surface area contributed by atoms with Crippen LogP contribution in [0.5, 0.6) is 0 Å². The van der Waals surface area contributed by atoms with Crippen molar-refractivity contribution in [2.45, 2.75) is 33.3 Å². The van der Waals surface area contributed by atoms with E-state index in [0.717, 1.165) is 11.3 Å². The van der Waals surface area contributed by atoms with E-state index in [2.05, 4.69) is 5.32 Å². The molecule has 7 heteroatoms. The van der Waals surface area contributed by atoms with Crippen molar-refractivity contribution in [2.24, 2.45) is 0 Å². The Morgan fingerprint density at radius 1 is 1.12 bits per heavy atom. The van der Waals surface area contributed by atoms with Gasteiger partial charge in [-0.15, -0.1) is 11.3 Å². The number of aromatic carboxylic acids is 1. The molecule has 0 radical (unpaired) electrons. The number of thiophene rings is 1. The van der Waals surface area contributed by atoms with Gasteiger partial charge in [-0.1, -0.05) is 18.2 Å². The first-order chi connectivity index (χ1) is 11.6. The average Bonchev–Trinajstić information content (AvgIpc) is 2.83. The average molecular weight is 361 g/mol. The Morgan fingerprint density at radius 3 is 2.24 bits per heavy atom. The van der Waals surface area contributed by atoms with Gasteiger partial charge in [-0.2, -0.15) is 0 Å². The molecule has 0 spiro atoms. The van der Waals surface area contributed by atoms with Crippen LogP contribution in [0, 0.1) is 6.92 Å². The van der Waals surface area contributed by atoms with Crippen LogP contribution >= 0.6 is 11.3 Å². The number of amides is 1. The third kappa shape index (κ3) is 4.45. The molecule has 1 aromatic carbocycles. The van der Waals surface area contributed by atoms with Crippen LogP contribution in [0.25, 0.3) is 0 Å². The minimum Gasteiger partial charge on any atom is -0.477 e. The maximum Gasteiger partial charge on any atom is 0.346 e. The van der Waals surface area contributed by atoms with Crippen LogP contribution in [-0.4, -0.2) is 28.6 Å². The summed E-state index contributed by atoms with van der Waals surface area (Å²) in [5.41, 5.74) is 0.00697. The molecule has 1 heterocycles. The number of rotatable bonds is 4. The van der Waals surface area contributed by atoms with Crippen molar-refractivity contribution in [3.8, 4) is 0 Å². The number of nitrogens with one attached hydrogen (secondary N) is 1. The van der Waals surface area contributed by atoms with E-state index >= 15 is 0 Å². The molecule has 1 aromatic heterocycles. The van der Waals surface area contributed by atoms with Gasteiger partial charge in [0.1, 0.15) is 15.5 Å². The summed E-state index contributed by atoms with van der Waals surface area (Å²) in [4.78, 5) is 36.2. The number of carboxylic acids is 1. The Balaban J connectivity index is 2.42. The second-order valence-electron chi connectivity index (χ2n) is 6.39. The van der Waals surface area contributed by atoms with Gasteiger partial charge in [-0.05, 0) is 45.4 Å². The van der Waals surface area contributed by atoms with Gasteiger partial charge in [0.05, 0.1) is 5.56 Å². The SMILES string of the molecule is Cc1c(C(=O)O)sc(NC(=O)c2ccccc2)c1C(=O)OC(C)(C)C. The standard InChI is InChI=1S/C18H19NO5S/c1-10-12(17(23)24-18(2,3)4)15(25-13(10)16(21)22)19-14(20)11-8-6-5-7-9-11/h5-9H,1-4H3,(H,19,20)(H,21,22). The number of ether oxygens (including phenoxy) is 1. The lowest BCUT2D eigenvalue weighted by Gasteiger charge is -2.20. The van der Waals surface area contributed by atoms with E-state index in [1.165, 1.54) is 6.92 Å². The van der Waals surface area contributed by atoms with Gasteiger partial charge in [0, 0.05) is 5.56 Å². The predicted octanol–water partition coefficient (Wildman–Crippen LogP) is 3.96. The lowest BCUT2D eigenvalue weighted by atomic mass is 10.1. The Kier molecular flexibility index (Phi) is 5.27. The van der Waals surface area contributed by atoms with Crippen molar-refractivity contribution in [1.29, 1.82) is 0 Å². The van der Waals surface area contributed by atoms with Crippen molar-refractivity contribution in [2.75, 3.05) is 5.32 Å². The number of esters is 1. The quantitative estimate of drug-likeness (QED) is 0.804. The lowest BCUT2D eigenvalue weighted by molar-refractivity contribution is 0.00705. The molecule has 6 nitrogen and oxygen atoms in total. The summed E-state index contributed by atoms with van der Waals surface area (Å²) in [6.45, 7) is 6.67. The summed E-state index contributed by atoms with van der Waals surface area (Å²) in [5, 5.41) is 12.1. The predicted molar refractivity (Wildman–Crippen MR) is 95.6 cm³/mol. The molecule has 0 aliphatic carbocycles. The van der Waals surface area contributed by atoms with Crippen LogP contribution in [0.1, 0.15) is 56.7 Å². The van der Waals surface area contributed by atoms with Crippen LogP contribution in [0.2, 0.25) is 0 Å². The minimum atomic E-state index is -1.16. The highest BCUT2D eigenvalue weighted by Gasteiger charge is 2.29. The zero-order valence-electron chi connectivity index (χ0n) is 14.4. The van der Waals surface area contributed by atoms with Gasteiger partial charge in [0.25, 0.3) is 5.91 Å². The van der Waals surface area contributed by atoms with Gasteiger partial charge in [-0.25, -0.2) is 9.59 Å². The molecule has 2 aromatic rings. The van der Waals surface area contributed by atoms with Crippen molar-refractivity contribution >= 4 is 34.2 Å². The number of hydrogen-bond acceptors (Lipinski definition) is 5. The molecular weight excluding hydrogens is 342 g/mol. The van der Waals surface area contributed by atoms with Crippen LogP contribution in [-0.2, 0) is 4.74 Å². The van der Waals surface area contributed by atoms with Gasteiger partial charge >= 0.3 is 11.9 Å². The van der Waals surface area contributed by atoms with E-state index < -0.39 is 23.4 Å². The Morgan fingerprint density at radius 2 is 1.72 bits per heavy atom. The minimum absolute atomic E-state index is 0.00998. The number of hydrogen-bond donors (Lipinski definition) is 2. The van der Waals surface area contributed by atoms with E-state index in [0.29, 0.717) is 5.56 Å². The summed E-state index contributed by atoms with van der Waals surface area (Å²) >= 11 is 0.839. The zero-order chi connectivity index (χ0) is 18.8. The first-order valence-corrected chi connectivity index (χ1v) is 8.38. The number of carbonyl (C=O) groups is 3. The molecule has 0 unspecified atom stereocenters. The first kappa shape index (κ1) is 18.7. The number of carboxylic acid groups (broad SMARTS) is 1. The Hall–Kier alpha value is -2.67. The molecule has 2 rings (SSSR count). The van der Waals surface area contributed by atoms with Crippen molar-refractivity contribution in [1.82, 2.24) is 0 Å². The van der Waals surface area contributed by atoms with E-state index in [1.54, 1.807) is 51.1 Å². The normalized spacial score (nSPS) is 11.0. The molecular formula is C18H19NO5S. The third-order valence-corrected chi connectivity index (χ3v) is 4.40. The highest BCUT2D eigenvalue weighted by atomic mass is 32.1. The van der Waals surface area contributed by atoms with Crippen LogP contribution < -0.4 is 5.32 Å². The van der Waals surface area contributed by atoms with E-state index in [9.17, 15) is 19.5 Å². The fourth-order valence-electron chi connectivity index (χ4n) is 2.15. The van der Waals surface area contributed by atoms with Gasteiger partial charge in [0.2, 0.25) is 0 Å². The smallest absolute Gasteiger partial charge is 0.346 e. The number of carbonyl (C=O) groups excluding carboxylic acids is 2. The van der Waals surface area contributed by atoms with E-state index in [1.807, 2.05) is 0 Å². The lowest BCUT2D eigenvalue weighted by Crippen LogP contribution is -2.25. The zero-order valence-corrected chi connectivity index (χ0v) is 15.2.